The summed E-state index contributed by atoms with van der Waals surface area (Å²) in [5.74, 6) is -0.255. The van der Waals surface area contributed by atoms with Gasteiger partial charge in [0.15, 0.2) is 0 Å². The second kappa shape index (κ2) is 6.97. The van der Waals surface area contributed by atoms with Crippen molar-refractivity contribution < 1.29 is 9.90 Å². The highest BCUT2D eigenvalue weighted by atomic mass is 16.3. The van der Waals surface area contributed by atoms with E-state index in [1.807, 2.05) is 60.7 Å². The van der Waals surface area contributed by atoms with Crippen molar-refractivity contribution in [3.8, 4) is 0 Å². The van der Waals surface area contributed by atoms with Gasteiger partial charge in [0.25, 0.3) is 5.91 Å². The number of carbonyl (C=O) groups is 1. The second-order valence-electron chi connectivity index (χ2n) is 6.32. The predicted molar refractivity (Wildman–Crippen MR) is 90.9 cm³/mol. The summed E-state index contributed by atoms with van der Waals surface area (Å²) >= 11 is 0. The molecular formula is C20H23NO2. The number of aliphatic hydroxyl groups is 1. The van der Waals surface area contributed by atoms with Crippen molar-refractivity contribution in [1.82, 2.24) is 5.32 Å². The van der Waals surface area contributed by atoms with Crippen LogP contribution in [0.3, 0.4) is 0 Å². The molecule has 2 aromatic carbocycles. The van der Waals surface area contributed by atoms with E-state index in [9.17, 15) is 9.90 Å². The van der Waals surface area contributed by atoms with E-state index >= 15 is 0 Å². The third-order valence-electron chi connectivity index (χ3n) is 4.64. The highest BCUT2D eigenvalue weighted by Gasteiger charge is 2.38. The fourth-order valence-electron chi connectivity index (χ4n) is 3.28. The molecule has 0 aromatic heterocycles. The van der Waals surface area contributed by atoms with Gasteiger partial charge in [0.1, 0.15) is 5.60 Å². The van der Waals surface area contributed by atoms with Crippen LogP contribution < -0.4 is 5.32 Å². The van der Waals surface area contributed by atoms with E-state index in [1.165, 1.54) is 0 Å². The lowest BCUT2D eigenvalue weighted by atomic mass is 9.83. The molecule has 1 amide bonds. The van der Waals surface area contributed by atoms with E-state index in [1.54, 1.807) is 0 Å². The van der Waals surface area contributed by atoms with Crippen molar-refractivity contribution in [1.29, 1.82) is 0 Å². The molecule has 0 atom stereocenters. The molecule has 1 saturated carbocycles. The van der Waals surface area contributed by atoms with Crippen LogP contribution in [0.15, 0.2) is 60.7 Å². The normalized spacial score (nSPS) is 17.0. The Balaban J connectivity index is 1.86. The third-order valence-corrected chi connectivity index (χ3v) is 4.64. The van der Waals surface area contributed by atoms with E-state index in [-0.39, 0.29) is 11.9 Å². The zero-order valence-corrected chi connectivity index (χ0v) is 13.2. The Morgan fingerprint density at radius 2 is 1.35 bits per heavy atom. The fraction of sp³-hybridized carbons (Fsp3) is 0.350. The van der Waals surface area contributed by atoms with Gasteiger partial charge in [-0.2, -0.15) is 0 Å². The van der Waals surface area contributed by atoms with E-state index in [0.29, 0.717) is 12.8 Å². The Labute approximate surface area is 137 Å². The summed E-state index contributed by atoms with van der Waals surface area (Å²) in [4.78, 5) is 12.7. The lowest BCUT2D eigenvalue weighted by Crippen LogP contribution is -2.49. The number of nitrogens with one attached hydrogen (secondary N) is 1. The molecule has 3 rings (SSSR count). The number of rotatable bonds is 4. The Kier molecular flexibility index (Phi) is 4.77. The van der Waals surface area contributed by atoms with Crippen LogP contribution in [0.25, 0.3) is 0 Å². The highest BCUT2D eigenvalue weighted by Crippen LogP contribution is 2.30. The Morgan fingerprint density at radius 3 is 1.83 bits per heavy atom. The molecule has 3 nitrogen and oxygen atoms in total. The fourth-order valence-corrected chi connectivity index (χ4v) is 3.28. The standard InChI is InChI=1S/C20H23NO2/c22-19(20(23)14-8-3-9-15-20)21-18(16-10-4-1-5-11-16)17-12-6-2-7-13-17/h1-2,4-7,10-13,18,23H,3,8-9,14-15H2,(H,21,22). The molecule has 0 spiro atoms. The average molecular weight is 309 g/mol. The Morgan fingerprint density at radius 1 is 0.870 bits per heavy atom. The van der Waals surface area contributed by atoms with Gasteiger partial charge < -0.3 is 10.4 Å². The maximum atomic E-state index is 12.7. The monoisotopic (exact) mass is 309 g/mol. The van der Waals surface area contributed by atoms with Crippen LogP contribution in [0.5, 0.6) is 0 Å². The molecule has 0 heterocycles. The molecule has 0 radical (unpaired) electrons. The number of carbonyl (C=O) groups excluding carboxylic acids is 1. The highest BCUT2D eigenvalue weighted by molar-refractivity contribution is 5.85. The van der Waals surface area contributed by atoms with Gasteiger partial charge in [0.2, 0.25) is 0 Å². The number of benzene rings is 2. The van der Waals surface area contributed by atoms with Crippen LogP contribution in [-0.2, 0) is 4.79 Å². The maximum Gasteiger partial charge on any atom is 0.252 e. The minimum absolute atomic E-state index is 0.240. The van der Waals surface area contributed by atoms with Crippen molar-refractivity contribution in [3.63, 3.8) is 0 Å². The van der Waals surface area contributed by atoms with Gasteiger partial charge in [-0.3, -0.25) is 4.79 Å². The van der Waals surface area contributed by atoms with E-state index in [0.717, 1.165) is 30.4 Å². The molecule has 1 fully saturated rings. The second-order valence-corrected chi connectivity index (χ2v) is 6.32. The first-order valence-electron chi connectivity index (χ1n) is 8.32. The van der Waals surface area contributed by atoms with Gasteiger partial charge >= 0.3 is 0 Å². The number of amides is 1. The van der Waals surface area contributed by atoms with Gasteiger partial charge in [0, 0.05) is 0 Å². The number of hydrogen-bond acceptors (Lipinski definition) is 2. The van der Waals surface area contributed by atoms with E-state index in [4.69, 9.17) is 0 Å². The molecule has 0 saturated heterocycles. The molecule has 0 aliphatic heterocycles. The van der Waals surface area contributed by atoms with Gasteiger partial charge in [-0.25, -0.2) is 0 Å². The summed E-state index contributed by atoms with van der Waals surface area (Å²) in [6.07, 6.45) is 4.01. The molecule has 120 valence electrons. The SMILES string of the molecule is O=C(NC(c1ccccc1)c1ccccc1)C1(O)CCCCC1. The Hall–Kier alpha value is -2.13. The molecule has 1 aliphatic carbocycles. The summed E-state index contributed by atoms with van der Waals surface area (Å²) in [6, 6.07) is 19.6. The Bertz CT molecular complexity index is 594. The van der Waals surface area contributed by atoms with Crippen LogP contribution in [0.4, 0.5) is 0 Å². The predicted octanol–water partition coefficient (Wildman–Crippen LogP) is 3.59. The van der Waals surface area contributed by atoms with Crippen LogP contribution in [0.1, 0.15) is 49.3 Å². The van der Waals surface area contributed by atoms with Crippen LogP contribution in [-0.4, -0.2) is 16.6 Å². The summed E-state index contributed by atoms with van der Waals surface area (Å²) < 4.78 is 0. The van der Waals surface area contributed by atoms with Crippen LogP contribution in [0, 0.1) is 0 Å². The average Bonchev–Trinajstić information content (AvgIpc) is 2.61. The third kappa shape index (κ3) is 3.62. The van der Waals surface area contributed by atoms with Crippen LogP contribution in [0.2, 0.25) is 0 Å². The first-order valence-corrected chi connectivity index (χ1v) is 8.32. The van der Waals surface area contributed by atoms with Gasteiger partial charge in [-0.15, -0.1) is 0 Å². The van der Waals surface area contributed by atoms with Gasteiger partial charge in [0.05, 0.1) is 6.04 Å². The van der Waals surface area contributed by atoms with Crippen molar-refractivity contribution in [3.05, 3.63) is 71.8 Å². The molecule has 3 heteroatoms. The number of hydrogen-bond donors (Lipinski definition) is 2. The van der Waals surface area contributed by atoms with E-state index in [2.05, 4.69) is 5.32 Å². The molecule has 2 N–H and O–H groups in total. The van der Waals surface area contributed by atoms with Crippen molar-refractivity contribution in [2.24, 2.45) is 0 Å². The largest absolute Gasteiger partial charge is 0.380 e. The molecule has 1 aliphatic rings. The topological polar surface area (TPSA) is 49.3 Å². The molecule has 2 aromatic rings. The molecule has 0 unspecified atom stereocenters. The minimum Gasteiger partial charge on any atom is -0.380 e. The molecular weight excluding hydrogens is 286 g/mol. The zero-order chi connectivity index (χ0) is 16.1. The van der Waals surface area contributed by atoms with Crippen molar-refractivity contribution >= 4 is 5.91 Å². The quantitative estimate of drug-likeness (QED) is 0.907. The van der Waals surface area contributed by atoms with Crippen LogP contribution >= 0.6 is 0 Å². The lowest BCUT2D eigenvalue weighted by molar-refractivity contribution is -0.143. The molecule has 23 heavy (non-hydrogen) atoms. The van der Waals surface area contributed by atoms with Gasteiger partial charge in [-0.05, 0) is 24.0 Å². The molecule has 0 bridgehead atoms. The zero-order valence-electron chi connectivity index (χ0n) is 13.2. The lowest BCUT2D eigenvalue weighted by Gasteiger charge is -2.32. The van der Waals surface area contributed by atoms with Gasteiger partial charge in [-0.1, -0.05) is 79.9 Å². The maximum absolute atomic E-state index is 12.7. The first-order chi connectivity index (χ1) is 11.2. The first kappa shape index (κ1) is 15.8. The summed E-state index contributed by atoms with van der Waals surface area (Å²) in [5.41, 5.74) is 0.818. The minimum atomic E-state index is -1.22. The van der Waals surface area contributed by atoms with Crippen molar-refractivity contribution in [2.45, 2.75) is 43.7 Å². The summed E-state index contributed by atoms with van der Waals surface area (Å²) in [5, 5.41) is 13.7. The van der Waals surface area contributed by atoms with E-state index < -0.39 is 5.60 Å². The van der Waals surface area contributed by atoms with Crippen molar-refractivity contribution in [2.75, 3.05) is 0 Å². The summed E-state index contributed by atoms with van der Waals surface area (Å²) in [7, 11) is 0. The smallest absolute Gasteiger partial charge is 0.252 e. The summed E-state index contributed by atoms with van der Waals surface area (Å²) in [6.45, 7) is 0.